The largest absolute Gasteiger partial charge is 0.408 e. The third kappa shape index (κ3) is 3.96. The zero-order valence-electron chi connectivity index (χ0n) is 11.5. The molecule has 0 radical (unpaired) electrons. The van der Waals surface area contributed by atoms with E-state index >= 15 is 0 Å². The highest BCUT2D eigenvalue weighted by molar-refractivity contribution is 7.90. The van der Waals surface area contributed by atoms with E-state index in [1.54, 1.807) is 0 Å². The van der Waals surface area contributed by atoms with Gasteiger partial charge in [0.25, 0.3) is 0 Å². The summed E-state index contributed by atoms with van der Waals surface area (Å²) in [6.45, 7) is 1.62. The van der Waals surface area contributed by atoms with Crippen molar-refractivity contribution in [1.82, 2.24) is 10.2 Å². The van der Waals surface area contributed by atoms with Gasteiger partial charge in [-0.1, -0.05) is 12.1 Å². The number of sulfone groups is 1. The molecule has 0 aromatic heterocycles. The Kier molecular flexibility index (Phi) is 4.60. The van der Waals surface area contributed by atoms with Gasteiger partial charge in [0, 0.05) is 32.4 Å². The molecule has 0 bridgehead atoms. The van der Waals surface area contributed by atoms with Crippen LogP contribution in [0.25, 0.3) is 0 Å². The summed E-state index contributed by atoms with van der Waals surface area (Å²) in [6.07, 6.45) is -3.37. The molecular formula is C13H17F3N2O2S. The molecule has 8 heteroatoms. The standard InChI is InChI=1S/C13H17F3N2O2S/c1-21(19,20)11-4-2-10(3-5-11)12(13(14,15)16)18-8-6-17-7-9-18/h2-5,12,17H,6-9H2,1H3/t12-/m1/s1. The zero-order chi connectivity index (χ0) is 15.7. The van der Waals surface area contributed by atoms with Crippen LogP contribution >= 0.6 is 0 Å². The lowest BCUT2D eigenvalue weighted by Crippen LogP contribution is -2.49. The molecule has 118 valence electrons. The monoisotopic (exact) mass is 322 g/mol. The topological polar surface area (TPSA) is 49.4 Å². The first-order valence-electron chi connectivity index (χ1n) is 6.51. The summed E-state index contributed by atoms with van der Waals surface area (Å²) in [5.74, 6) is 0. The summed E-state index contributed by atoms with van der Waals surface area (Å²) < 4.78 is 62.8. The van der Waals surface area contributed by atoms with E-state index in [0.29, 0.717) is 26.2 Å². The Balaban J connectivity index is 2.33. The average molecular weight is 322 g/mol. The van der Waals surface area contributed by atoms with E-state index in [4.69, 9.17) is 0 Å². The Labute approximate surface area is 121 Å². The average Bonchev–Trinajstić information content (AvgIpc) is 2.38. The summed E-state index contributed by atoms with van der Waals surface area (Å²) in [7, 11) is -3.41. The van der Waals surface area contributed by atoms with E-state index in [2.05, 4.69) is 5.32 Å². The molecule has 0 saturated carbocycles. The fourth-order valence-electron chi connectivity index (χ4n) is 2.44. The van der Waals surface area contributed by atoms with Crippen molar-refractivity contribution in [3.05, 3.63) is 29.8 Å². The summed E-state index contributed by atoms with van der Waals surface area (Å²) >= 11 is 0. The second kappa shape index (κ2) is 5.94. The number of hydrogen-bond donors (Lipinski definition) is 1. The molecule has 2 rings (SSSR count). The Morgan fingerprint density at radius 3 is 2.10 bits per heavy atom. The molecule has 1 aliphatic rings. The van der Waals surface area contributed by atoms with Crippen molar-refractivity contribution in [2.24, 2.45) is 0 Å². The Morgan fingerprint density at radius 2 is 1.67 bits per heavy atom. The minimum absolute atomic E-state index is 0.0208. The van der Waals surface area contributed by atoms with Crippen molar-refractivity contribution in [3.8, 4) is 0 Å². The van der Waals surface area contributed by atoms with Gasteiger partial charge in [-0.3, -0.25) is 4.90 Å². The predicted molar refractivity (Wildman–Crippen MR) is 72.8 cm³/mol. The second-order valence-corrected chi connectivity index (χ2v) is 7.09. The van der Waals surface area contributed by atoms with Gasteiger partial charge < -0.3 is 5.32 Å². The maximum Gasteiger partial charge on any atom is 0.408 e. The van der Waals surface area contributed by atoms with Gasteiger partial charge in [-0.05, 0) is 17.7 Å². The number of halogens is 3. The third-order valence-corrected chi connectivity index (χ3v) is 4.58. The molecule has 0 amide bonds. The predicted octanol–water partition coefficient (Wildman–Crippen LogP) is 1.60. The zero-order valence-corrected chi connectivity index (χ0v) is 12.3. The minimum Gasteiger partial charge on any atom is -0.314 e. The van der Waals surface area contributed by atoms with Crippen LogP contribution in [0.1, 0.15) is 11.6 Å². The highest BCUT2D eigenvalue weighted by Gasteiger charge is 2.44. The van der Waals surface area contributed by atoms with E-state index in [9.17, 15) is 21.6 Å². The highest BCUT2D eigenvalue weighted by Crippen LogP contribution is 2.38. The minimum atomic E-state index is -4.40. The van der Waals surface area contributed by atoms with Crippen molar-refractivity contribution in [3.63, 3.8) is 0 Å². The van der Waals surface area contributed by atoms with E-state index in [-0.39, 0.29) is 10.5 Å². The van der Waals surface area contributed by atoms with Gasteiger partial charge in [0.15, 0.2) is 9.84 Å². The Morgan fingerprint density at radius 1 is 1.14 bits per heavy atom. The molecule has 1 heterocycles. The Hall–Kier alpha value is -1.12. The van der Waals surface area contributed by atoms with Crippen molar-refractivity contribution >= 4 is 9.84 Å². The summed E-state index contributed by atoms with van der Waals surface area (Å²) in [6, 6.07) is 3.25. The van der Waals surface area contributed by atoms with Gasteiger partial charge in [-0.2, -0.15) is 13.2 Å². The molecule has 4 nitrogen and oxygen atoms in total. The van der Waals surface area contributed by atoms with E-state index in [0.717, 1.165) is 6.26 Å². The van der Waals surface area contributed by atoms with E-state index in [1.807, 2.05) is 0 Å². The molecule has 0 aliphatic carbocycles. The fraction of sp³-hybridized carbons (Fsp3) is 0.538. The van der Waals surface area contributed by atoms with Gasteiger partial charge in [0.2, 0.25) is 0 Å². The van der Waals surface area contributed by atoms with Crippen LogP contribution in [-0.4, -0.2) is 51.9 Å². The number of benzene rings is 1. The Bertz CT molecular complexity index is 578. The highest BCUT2D eigenvalue weighted by atomic mass is 32.2. The fourth-order valence-corrected chi connectivity index (χ4v) is 3.07. The normalized spacial score (nSPS) is 19.4. The van der Waals surface area contributed by atoms with Crippen LogP contribution in [-0.2, 0) is 9.84 Å². The molecule has 1 aliphatic heterocycles. The van der Waals surface area contributed by atoms with Crippen LogP contribution in [0.15, 0.2) is 29.2 Å². The quantitative estimate of drug-likeness (QED) is 0.918. The summed E-state index contributed by atoms with van der Waals surface area (Å²) in [5, 5.41) is 3.01. The number of hydrogen-bond acceptors (Lipinski definition) is 4. The van der Waals surface area contributed by atoms with Crippen LogP contribution in [0.3, 0.4) is 0 Å². The molecule has 1 saturated heterocycles. The summed E-state index contributed by atoms with van der Waals surface area (Å²) in [4.78, 5) is 1.39. The molecule has 1 N–H and O–H groups in total. The lowest BCUT2D eigenvalue weighted by molar-refractivity contribution is -0.187. The van der Waals surface area contributed by atoms with Gasteiger partial charge in [-0.25, -0.2) is 8.42 Å². The van der Waals surface area contributed by atoms with Crippen molar-refractivity contribution in [2.45, 2.75) is 17.1 Å². The van der Waals surface area contributed by atoms with E-state index in [1.165, 1.54) is 29.2 Å². The first-order valence-corrected chi connectivity index (χ1v) is 8.40. The van der Waals surface area contributed by atoms with Crippen LogP contribution in [0, 0.1) is 0 Å². The number of piperazine rings is 1. The number of nitrogens with zero attached hydrogens (tertiary/aromatic N) is 1. The first kappa shape index (κ1) is 16.3. The smallest absolute Gasteiger partial charge is 0.314 e. The van der Waals surface area contributed by atoms with Gasteiger partial charge in [0.05, 0.1) is 4.90 Å². The first-order chi connectivity index (χ1) is 9.69. The summed E-state index contributed by atoms with van der Waals surface area (Å²) in [5.41, 5.74) is 0.0665. The van der Waals surface area contributed by atoms with Crippen LogP contribution in [0.5, 0.6) is 0 Å². The molecular weight excluding hydrogens is 305 g/mol. The van der Waals surface area contributed by atoms with Crippen molar-refractivity contribution in [1.29, 1.82) is 0 Å². The lowest BCUT2D eigenvalue weighted by Gasteiger charge is -2.36. The maximum atomic E-state index is 13.3. The maximum absolute atomic E-state index is 13.3. The van der Waals surface area contributed by atoms with Crippen molar-refractivity contribution in [2.75, 3.05) is 32.4 Å². The molecule has 21 heavy (non-hydrogen) atoms. The van der Waals surface area contributed by atoms with Crippen LogP contribution in [0.2, 0.25) is 0 Å². The van der Waals surface area contributed by atoms with E-state index < -0.39 is 22.1 Å². The number of nitrogens with one attached hydrogen (secondary N) is 1. The lowest BCUT2D eigenvalue weighted by atomic mass is 10.0. The van der Waals surface area contributed by atoms with Gasteiger partial charge >= 0.3 is 6.18 Å². The SMILES string of the molecule is CS(=O)(=O)c1ccc([C@@H](N2CCNCC2)C(F)(F)F)cc1. The molecule has 1 aromatic rings. The van der Waals surface area contributed by atoms with Crippen LogP contribution < -0.4 is 5.32 Å². The molecule has 1 aromatic carbocycles. The second-order valence-electron chi connectivity index (χ2n) is 5.07. The van der Waals surface area contributed by atoms with Crippen LogP contribution in [0.4, 0.5) is 13.2 Å². The molecule has 0 unspecified atom stereocenters. The molecule has 1 atom stereocenters. The number of rotatable bonds is 3. The van der Waals surface area contributed by atoms with Gasteiger partial charge in [-0.15, -0.1) is 0 Å². The van der Waals surface area contributed by atoms with Crippen molar-refractivity contribution < 1.29 is 21.6 Å². The molecule has 1 fully saturated rings. The third-order valence-electron chi connectivity index (χ3n) is 3.45. The molecule has 0 spiro atoms. The number of alkyl halides is 3. The van der Waals surface area contributed by atoms with Gasteiger partial charge in [0.1, 0.15) is 6.04 Å².